The Labute approximate surface area is 210 Å². The number of ether oxygens (including phenoxy) is 1. The molecule has 1 atom stereocenters. The third kappa shape index (κ3) is 6.35. The molecule has 36 heavy (non-hydrogen) atoms. The van der Waals surface area contributed by atoms with Crippen molar-refractivity contribution in [2.75, 3.05) is 19.0 Å². The fraction of sp³-hybridized carbons (Fsp3) is 0.478. The number of aromatic nitrogens is 2. The van der Waals surface area contributed by atoms with Crippen LogP contribution in [0, 0.1) is 5.92 Å². The standard InChI is InChI=1S/C23H27ClF3N5O4/c1-12(10-36-2)30-22(35)18-19(20(28)33)32(11-29-18)15-6-3-13(4-7-15)21(34)31-17-9-14(23(25,26)27)5-8-16(17)24/h5,8-9,11-13,15H,3-4,6-7,10H2,1-2H3,(H2,28,33)(H,30,35)(H,31,34). The average molecular weight is 530 g/mol. The summed E-state index contributed by atoms with van der Waals surface area (Å²) >= 11 is 5.98. The average Bonchev–Trinajstić information content (AvgIpc) is 3.26. The molecule has 196 valence electrons. The molecule has 1 aliphatic rings. The monoisotopic (exact) mass is 529 g/mol. The zero-order chi connectivity index (χ0) is 26.6. The first kappa shape index (κ1) is 27.5. The first-order chi connectivity index (χ1) is 16.9. The molecular weight excluding hydrogens is 503 g/mol. The van der Waals surface area contributed by atoms with Crippen LogP contribution in [0.3, 0.4) is 0 Å². The lowest BCUT2D eigenvalue weighted by Crippen LogP contribution is -2.37. The number of benzene rings is 1. The van der Waals surface area contributed by atoms with Crippen LogP contribution in [0.4, 0.5) is 18.9 Å². The summed E-state index contributed by atoms with van der Waals surface area (Å²) < 4.78 is 45.6. The maximum absolute atomic E-state index is 13.0. The van der Waals surface area contributed by atoms with E-state index in [2.05, 4.69) is 15.6 Å². The topological polar surface area (TPSA) is 128 Å². The molecule has 3 amide bonds. The number of halogens is 4. The van der Waals surface area contributed by atoms with Gasteiger partial charge in [0.1, 0.15) is 5.69 Å². The molecule has 13 heteroatoms. The number of imidazole rings is 1. The summed E-state index contributed by atoms with van der Waals surface area (Å²) in [6.07, 6.45) is -1.46. The van der Waals surface area contributed by atoms with Gasteiger partial charge in [0.2, 0.25) is 5.91 Å². The van der Waals surface area contributed by atoms with Crippen LogP contribution in [0.5, 0.6) is 0 Å². The fourth-order valence-electron chi connectivity index (χ4n) is 4.28. The van der Waals surface area contributed by atoms with Gasteiger partial charge < -0.3 is 25.7 Å². The molecule has 1 fully saturated rings. The number of methoxy groups -OCH3 is 1. The van der Waals surface area contributed by atoms with Crippen LogP contribution in [0.15, 0.2) is 24.5 Å². The maximum atomic E-state index is 13.0. The number of nitrogens with zero attached hydrogens (tertiary/aromatic N) is 2. The number of hydrogen-bond donors (Lipinski definition) is 3. The molecule has 1 unspecified atom stereocenters. The summed E-state index contributed by atoms with van der Waals surface area (Å²) in [5.74, 6) is -2.28. The van der Waals surface area contributed by atoms with Crippen LogP contribution in [0.25, 0.3) is 0 Å². The van der Waals surface area contributed by atoms with Crippen molar-refractivity contribution in [2.24, 2.45) is 11.7 Å². The van der Waals surface area contributed by atoms with E-state index in [9.17, 15) is 27.6 Å². The van der Waals surface area contributed by atoms with Crippen LogP contribution in [-0.2, 0) is 15.7 Å². The number of nitrogens with one attached hydrogen (secondary N) is 2. The van der Waals surface area contributed by atoms with E-state index in [1.54, 1.807) is 11.5 Å². The number of hydrogen-bond acceptors (Lipinski definition) is 5. The van der Waals surface area contributed by atoms with Gasteiger partial charge in [-0.15, -0.1) is 0 Å². The summed E-state index contributed by atoms with van der Waals surface area (Å²) in [4.78, 5) is 41.6. The van der Waals surface area contributed by atoms with Crippen molar-refractivity contribution in [3.05, 3.63) is 46.5 Å². The lowest BCUT2D eigenvalue weighted by molar-refractivity contribution is -0.137. The summed E-state index contributed by atoms with van der Waals surface area (Å²) in [6, 6.07) is 2.19. The molecule has 0 spiro atoms. The predicted octanol–water partition coefficient (Wildman–Crippen LogP) is 3.79. The van der Waals surface area contributed by atoms with Gasteiger partial charge in [0, 0.05) is 25.1 Å². The number of carbonyl (C=O) groups is 3. The van der Waals surface area contributed by atoms with Crippen LogP contribution >= 0.6 is 11.6 Å². The highest BCUT2D eigenvalue weighted by molar-refractivity contribution is 6.33. The van der Waals surface area contributed by atoms with Gasteiger partial charge in [-0.25, -0.2) is 4.98 Å². The molecule has 0 saturated heterocycles. The summed E-state index contributed by atoms with van der Waals surface area (Å²) in [5, 5.41) is 5.19. The predicted molar refractivity (Wildman–Crippen MR) is 126 cm³/mol. The maximum Gasteiger partial charge on any atom is 0.416 e. The quantitative estimate of drug-likeness (QED) is 0.479. The molecule has 4 N–H and O–H groups in total. The molecule has 9 nitrogen and oxygen atoms in total. The minimum absolute atomic E-state index is 0.000162. The van der Waals surface area contributed by atoms with Crippen molar-refractivity contribution in [3.63, 3.8) is 0 Å². The van der Waals surface area contributed by atoms with E-state index in [0.717, 1.165) is 18.2 Å². The fourth-order valence-corrected chi connectivity index (χ4v) is 4.45. The highest BCUT2D eigenvalue weighted by atomic mass is 35.5. The molecule has 1 aromatic carbocycles. The minimum atomic E-state index is -4.57. The van der Waals surface area contributed by atoms with E-state index in [0.29, 0.717) is 25.7 Å². The van der Waals surface area contributed by atoms with Crippen LogP contribution in [0.2, 0.25) is 5.02 Å². The number of rotatable bonds is 8. The Morgan fingerprint density at radius 1 is 1.25 bits per heavy atom. The van der Waals surface area contributed by atoms with Gasteiger partial charge in [0.25, 0.3) is 11.8 Å². The van der Waals surface area contributed by atoms with Crippen molar-refractivity contribution in [1.29, 1.82) is 0 Å². The van der Waals surface area contributed by atoms with Gasteiger partial charge in [-0.1, -0.05) is 11.6 Å². The summed E-state index contributed by atoms with van der Waals surface area (Å²) in [5.41, 5.74) is 4.41. The highest BCUT2D eigenvalue weighted by Crippen LogP contribution is 2.36. The van der Waals surface area contributed by atoms with E-state index in [4.69, 9.17) is 22.1 Å². The largest absolute Gasteiger partial charge is 0.416 e. The van der Waals surface area contributed by atoms with Crippen molar-refractivity contribution in [3.8, 4) is 0 Å². The molecule has 1 aliphatic carbocycles. The number of alkyl halides is 3. The Hall–Kier alpha value is -3.12. The van der Waals surface area contributed by atoms with Gasteiger partial charge in [-0.2, -0.15) is 13.2 Å². The van der Waals surface area contributed by atoms with Gasteiger partial charge in [-0.05, 0) is 50.8 Å². The Balaban J connectivity index is 1.68. The van der Waals surface area contributed by atoms with E-state index in [-0.39, 0.29) is 40.8 Å². The van der Waals surface area contributed by atoms with E-state index in [1.807, 2.05) is 0 Å². The molecule has 0 bridgehead atoms. The van der Waals surface area contributed by atoms with Crippen LogP contribution < -0.4 is 16.4 Å². The second-order valence-corrected chi connectivity index (χ2v) is 9.14. The molecule has 1 heterocycles. The number of anilines is 1. The normalized spacial score (nSPS) is 18.9. The van der Waals surface area contributed by atoms with E-state index < -0.39 is 35.4 Å². The lowest BCUT2D eigenvalue weighted by Gasteiger charge is -2.29. The Kier molecular flexibility index (Phi) is 8.62. The molecule has 1 aromatic heterocycles. The SMILES string of the molecule is COCC(C)NC(=O)c1ncn(C2CCC(C(=O)Nc3cc(C(F)(F)F)ccc3Cl)CC2)c1C(N)=O. The Morgan fingerprint density at radius 2 is 1.92 bits per heavy atom. The van der Waals surface area contributed by atoms with Crippen molar-refractivity contribution >= 4 is 35.0 Å². The second-order valence-electron chi connectivity index (χ2n) is 8.73. The molecular formula is C23H27ClF3N5O4. The third-order valence-electron chi connectivity index (χ3n) is 6.05. The highest BCUT2D eigenvalue weighted by Gasteiger charge is 2.33. The number of nitrogens with two attached hydrogens (primary N) is 1. The van der Waals surface area contributed by atoms with Gasteiger partial charge >= 0.3 is 6.18 Å². The molecule has 0 aliphatic heterocycles. The zero-order valence-electron chi connectivity index (χ0n) is 19.7. The van der Waals surface area contributed by atoms with E-state index in [1.165, 1.54) is 13.4 Å². The Bertz CT molecular complexity index is 1130. The number of carbonyl (C=O) groups excluding carboxylic acids is 3. The van der Waals surface area contributed by atoms with Gasteiger partial charge in [0.05, 0.1) is 29.2 Å². The molecule has 3 rings (SSSR count). The van der Waals surface area contributed by atoms with Gasteiger partial charge in [0.15, 0.2) is 5.69 Å². The van der Waals surface area contributed by atoms with Crippen LogP contribution in [-0.4, -0.2) is 47.0 Å². The van der Waals surface area contributed by atoms with Crippen molar-refractivity contribution in [1.82, 2.24) is 14.9 Å². The summed E-state index contributed by atoms with van der Waals surface area (Å²) in [7, 11) is 1.50. The Morgan fingerprint density at radius 3 is 2.50 bits per heavy atom. The molecule has 2 aromatic rings. The molecule has 1 saturated carbocycles. The summed E-state index contributed by atoms with van der Waals surface area (Å²) in [6.45, 7) is 2.01. The smallest absolute Gasteiger partial charge is 0.383 e. The third-order valence-corrected chi connectivity index (χ3v) is 6.38. The molecule has 0 radical (unpaired) electrons. The zero-order valence-corrected chi connectivity index (χ0v) is 20.4. The second kappa shape index (κ2) is 11.3. The first-order valence-electron chi connectivity index (χ1n) is 11.3. The number of amides is 3. The van der Waals surface area contributed by atoms with Crippen molar-refractivity contribution in [2.45, 2.75) is 50.9 Å². The van der Waals surface area contributed by atoms with Crippen LogP contribution in [0.1, 0.15) is 65.2 Å². The van der Waals surface area contributed by atoms with Gasteiger partial charge in [-0.3, -0.25) is 14.4 Å². The van der Waals surface area contributed by atoms with Crippen molar-refractivity contribution < 1.29 is 32.3 Å². The number of primary amides is 1. The lowest BCUT2D eigenvalue weighted by atomic mass is 9.85. The van der Waals surface area contributed by atoms with E-state index >= 15 is 0 Å². The first-order valence-corrected chi connectivity index (χ1v) is 11.6. The minimum Gasteiger partial charge on any atom is -0.383 e.